The number of halogens is 1. The van der Waals surface area contributed by atoms with Gasteiger partial charge in [0.25, 0.3) is 0 Å². The van der Waals surface area contributed by atoms with Crippen molar-refractivity contribution in [3.63, 3.8) is 0 Å². The highest BCUT2D eigenvalue weighted by molar-refractivity contribution is 6.30. The van der Waals surface area contributed by atoms with Gasteiger partial charge in [-0.25, -0.2) is 4.98 Å². The second kappa shape index (κ2) is 3.42. The van der Waals surface area contributed by atoms with Gasteiger partial charge in [-0.2, -0.15) is 0 Å². The van der Waals surface area contributed by atoms with Crippen LogP contribution in [0, 0.1) is 6.92 Å². The molecule has 0 fully saturated rings. The Kier molecular flexibility index (Phi) is 2.04. The molecule has 0 aliphatic rings. The van der Waals surface area contributed by atoms with Gasteiger partial charge in [0.1, 0.15) is 5.15 Å². The second-order valence-corrected chi connectivity index (χ2v) is 4.18. The van der Waals surface area contributed by atoms with E-state index in [1.165, 1.54) is 0 Å². The molecule has 2 nitrogen and oxygen atoms in total. The number of rotatable bonds is 0. The first kappa shape index (κ1) is 9.55. The highest BCUT2D eigenvalue weighted by Crippen LogP contribution is 2.23. The molecule has 78 valence electrons. The molecule has 0 aliphatic heterocycles. The van der Waals surface area contributed by atoms with E-state index >= 15 is 0 Å². The third-order valence-corrected chi connectivity index (χ3v) is 2.84. The second-order valence-electron chi connectivity index (χ2n) is 3.80. The zero-order valence-corrected chi connectivity index (χ0v) is 9.49. The Balaban J connectivity index is 2.55. The van der Waals surface area contributed by atoms with Crippen molar-refractivity contribution in [2.45, 2.75) is 6.92 Å². The number of nitrogens with zero attached hydrogens (tertiary/aromatic N) is 2. The van der Waals surface area contributed by atoms with E-state index < -0.39 is 0 Å². The van der Waals surface area contributed by atoms with Crippen molar-refractivity contribution < 1.29 is 0 Å². The molecular formula is C13H9ClN2. The predicted molar refractivity (Wildman–Crippen MR) is 66.8 cm³/mol. The van der Waals surface area contributed by atoms with Crippen molar-refractivity contribution >= 4 is 33.4 Å². The quantitative estimate of drug-likeness (QED) is 0.433. The highest BCUT2D eigenvalue weighted by Gasteiger charge is 2.04. The number of aromatic nitrogens is 2. The topological polar surface area (TPSA) is 25.8 Å². The fourth-order valence-corrected chi connectivity index (χ4v) is 1.99. The molecule has 0 aliphatic carbocycles. The van der Waals surface area contributed by atoms with Crippen LogP contribution in [0.3, 0.4) is 0 Å². The van der Waals surface area contributed by atoms with Gasteiger partial charge in [-0.15, -0.1) is 0 Å². The van der Waals surface area contributed by atoms with Crippen LogP contribution in [-0.4, -0.2) is 9.97 Å². The lowest BCUT2D eigenvalue weighted by Crippen LogP contribution is -1.87. The summed E-state index contributed by atoms with van der Waals surface area (Å²) in [6, 6.07) is 11.9. The van der Waals surface area contributed by atoms with Crippen molar-refractivity contribution in [1.82, 2.24) is 9.97 Å². The Labute approximate surface area is 97.9 Å². The monoisotopic (exact) mass is 228 g/mol. The summed E-state index contributed by atoms with van der Waals surface area (Å²) in [4.78, 5) is 8.87. The Morgan fingerprint density at radius 2 is 1.38 bits per heavy atom. The molecule has 0 saturated heterocycles. The third-order valence-electron chi connectivity index (χ3n) is 2.62. The van der Waals surface area contributed by atoms with Crippen LogP contribution in [0.1, 0.15) is 5.69 Å². The molecule has 0 unspecified atom stereocenters. The Hall–Kier alpha value is -1.67. The fourth-order valence-electron chi connectivity index (χ4n) is 1.84. The SMILES string of the molecule is Cc1ccc2ccc3ccc(Cl)nc3c2n1. The van der Waals surface area contributed by atoms with Crippen LogP contribution >= 0.6 is 11.6 Å². The van der Waals surface area contributed by atoms with Crippen molar-refractivity contribution in [2.24, 2.45) is 0 Å². The summed E-state index contributed by atoms with van der Waals surface area (Å²) in [6.07, 6.45) is 0. The molecule has 0 saturated carbocycles. The summed E-state index contributed by atoms with van der Waals surface area (Å²) in [6.45, 7) is 1.98. The van der Waals surface area contributed by atoms with E-state index in [2.05, 4.69) is 22.1 Å². The molecule has 0 N–H and O–H groups in total. The maximum atomic E-state index is 5.92. The van der Waals surface area contributed by atoms with Gasteiger partial charge in [0.15, 0.2) is 0 Å². The average molecular weight is 229 g/mol. The highest BCUT2D eigenvalue weighted by atomic mass is 35.5. The van der Waals surface area contributed by atoms with Crippen molar-refractivity contribution in [3.05, 3.63) is 47.2 Å². The Bertz CT molecular complexity index is 631. The van der Waals surface area contributed by atoms with Crippen LogP contribution in [0.2, 0.25) is 5.15 Å². The largest absolute Gasteiger partial charge is 0.251 e. The van der Waals surface area contributed by atoms with Gasteiger partial charge >= 0.3 is 0 Å². The van der Waals surface area contributed by atoms with Crippen LogP contribution in [0.15, 0.2) is 36.4 Å². The number of aryl methyl sites for hydroxylation is 1. The summed E-state index contributed by atoms with van der Waals surface area (Å²) < 4.78 is 0. The molecule has 2 aromatic heterocycles. The van der Waals surface area contributed by atoms with Crippen LogP contribution < -0.4 is 0 Å². The van der Waals surface area contributed by atoms with E-state index in [1.54, 1.807) is 6.07 Å². The molecule has 3 rings (SSSR count). The van der Waals surface area contributed by atoms with Gasteiger partial charge in [0, 0.05) is 16.5 Å². The Morgan fingerprint density at radius 3 is 2.12 bits per heavy atom. The summed E-state index contributed by atoms with van der Waals surface area (Å²) in [5.74, 6) is 0. The normalized spacial score (nSPS) is 11.1. The number of pyridine rings is 2. The maximum Gasteiger partial charge on any atom is 0.129 e. The minimum absolute atomic E-state index is 0.503. The summed E-state index contributed by atoms with van der Waals surface area (Å²) >= 11 is 5.92. The number of hydrogen-bond donors (Lipinski definition) is 0. The van der Waals surface area contributed by atoms with E-state index in [9.17, 15) is 0 Å². The zero-order chi connectivity index (χ0) is 11.1. The van der Waals surface area contributed by atoms with Crippen LogP contribution in [0.5, 0.6) is 0 Å². The molecule has 3 heteroatoms. The molecule has 16 heavy (non-hydrogen) atoms. The van der Waals surface area contributed by atoms with Gasteiger partial charge in [-0.05, 0) is 25.1 Å². The molecule has 0 amide bonds. The van der Waals surface area contributed by atoms with Gasteiger partial charge in [-0.3, -0.25) is 4.98 Å². The smallest absolute Gasteiger partial charge is 0.129 e. The van der Waals surface area contributed by atoms with Crippen molar-refractivity contribution in [3.8, 4) is 0 Å². The molecule has 1 aromatic carbocycles. The van der Waals surface area contributed by atoms with E-state index in [1.807, 2.05) is 25.1 Å². The van der Waals surface area contributed by atoms with Crippen LogP contribution in [0.25, 0.3) is 21.8 Å². The van der Waals surface area contributed by atoms with Crippen molar-refractivity contribution in [2.75, 3.05) is 0 Å². The van der Waals surface area contributed by atoms with Crippen molar-refractivity contribution in [1.29, 1.82) is 0 Å². The summed E-state index contributed by atoms with van der Waals surface area (Å²) in [5.41, 5.74) is 2.77. The lowest BCUT2D eigenvalue weighted by Gasteiger charge is -2.03. The molecule has 2 heterocycles. The van der Waals surface area contributed by atoms with Gasteiger partial charge < -0.3 is 0 Å². The predicted octanol–water partition coefficient (Wildman–Crippen LogP) is 3.74. The minimum Gasteiger partial charge on any atom is -0.251 e. The molecular weight excluding hydrogens is 220 g/mol. The molecule has 0 radical (unpaired) electrons. The van der Waals surface area contributed by atoms with E-state index in [4.69, 9.17) is 11.6 Å². The van der Waals surface area contributed by atoms with E-state index in [0.29, 0.717) is 5.15 Å². The van der Waals surface area contributed by atoms with E-state index in [0.717, 1.165) is 27.5 Å². The number of fused-ring (bicyclic) bond motifs is 3. The summed E-state index contributed by atoms with van der Waals surface area (Å²) in [7, 11) is 0. The van der Waals surface area contributed by atoms with E-state index in [-0.39, 0.29) is 0 Å². The standard InChI is InChI=1S/C13H9ClN2/c1-8-2-3-9-4-5-10-6-7-11(14)16-13(10)12(9)15-8/h2-7H,1H3. The molecule has 0 atom stereocenters. The fraction of sp³-hybridized carbons (Fsp3) is 0.0769. The number of hydrogen-bond acceptors (Lipinski definition) is 2. The van der Waals surface area contributed by atoms with Gasteiger partial charge in [-0.1, -0.05) is 29.8 Å². The lowest BCUT2D eigenvalue weighted by atomic mass is 10.1. The lowest BCUT2D eigenvalue weighted by molar-refractivity contribution is 1.25. The third kappa shape index (κ3) is 1.42. The Morgan fingerprint density at radius 1 is 0.812 bits per heavy atom. The van der Waals surface area contributed by atoms with Crippen LogP contribution in [-0.2, 0) is 0 Å². The minimum atomic E-state index is 0.503. The number of benzene rings is 1. The molecule has 0 bridgehead atoms. The van der Waals surface area contributed by atoms with Gasteiger partial charge in [0.05, 0.1) is 11.0 Å². The first-order valence-corrected chi connectivity index (χ1v) is 5.44. The summed E-state index contributed by atoms with van der Waals surface area (Å²) in [5, 5.41) is 2.66. The molecule has 3 aromatic rings. The first-order valence-electron chi connectivity index (χ1n) is 5.07. The van der Waals surface area contributed by atoms with Crippen LogP contribution in [0.4, 0.5) is 0 Å². The first-order chi connectivity index (χ1) is 7.74. The molecule has 0 spiro atoms. The zero-order valence-electron chi connectivity index (χ0n) is 8.74. The maximum absolute atomic E-state index is 5.92. The average Bonchev–Trinajstić information content (AvgIpc) is 2.29. The van der Waals surface area contributed by atoms with Gasteiger partial charge in [0.2, 0.25) is 0 Å².